The molecule has 4 aromatic rings. The molecule has 0 aliphatic carbocycles. The second kappa shape index (κ2) is 17.7. The number of nitrogens with zero attached hydrogens (tertiary/aromatic N) is 1. The van der Waals surface area contributed by atoms with Crippen molar-refractivity contribution < 1.29 is 0 Å². The first kappa shape index (κ1) is 34.9. The van der Waals surface area contributed by atoms with Crippen molar-refractivity contribution in [2.24, 2.45) is 0 Å². The first-order valence-corrected chi connectivity index (χ1v) is 17.1. The van der Waals surface area contributed by atoms with Gasteiger partial charge >= 0.3 is 0 Å². The maximum absolute atomic E-state index is 8.72. The van der Waals surface area contributed by atoms with Crippen molar-refractivity contribution in [2.45, 2.75) is 91.2 Å². The molecule has 0 heterocycles. The highest BCUT2D eigenvalue weighted by molar-refractivity contribution is 7.98. The molecule has 2 heteroatoms. The van der Waals surface area contributed by atoms with Crippen molar-refractivity contribution in [1.82, 2.24) is 0 Å². The highest BCUT2D eigenvalue weighted by Gasteiger charge is 2.17. The lowest BCUT2D eigenvalue weighted by atomic mass is 9.82. The van der Waals surface area contributed by atoms with Gasteiger partial charge in [0.05, 0.1) is 6.07 Å². The van der Waals surface area contributed by atoms with Gasteiger partial charge in [-0.1, -0.05) is 129 Å². The van der Waals surface area contributed by atoms with Crippen LogP contribution in [0.5, 0.6) is 0 Å². The molecule has 230 valence electrons. The summed E-state index contributed by atoms with van der Waals surface area (Å²) in [5.41, 5.74) is 13.8. The molecule has 0 spiro atoms. The molecule has 0 aliphatic rings. The minimum Gasteiger partial charge on any atom is -0.193 e. The molecule has 4 rings (SSSR count). The summed E-state index contributed by atoms with van der Waals surface area (Å²) in [5.74, 6) is 2.12. The van der Waals surface area contributed by atoms with Gasteiger partial charge in [-0.25, -0.2) is 0 Å². The zero-order valence-corrected chi connectivity index (χ0v) is 28.7. The first-order valence-electron chi connectivity index (χ1n) is 16.0. The van der Waals surface area contributed by atoms with Crippen LogP contribution < -0.4 is 0 Å². The molecule has 0 aromatic heterocycles. The molecule has 0 amide bonds. The highest BCUT2D eigenvalue weighted by Crippen LogP contribution is 2.28. The Hall–Kier alpha value is -3.54. The van der Waals surface area contributed by atoms with Crippen molar-refractivity contribution in [3.63, 3.8) is 0 Å². The quantitative estimate of drug-likeness (QED) is 0.119. The Labute approximate surface area is 272 Å². The summed E-state index contributed by atoms with van der Waals surface area (Å²) in [6, 6.07) is 35.3. The number of thioether (sulfide) groups is 1. The molecule has 0 N–H and O–H groups in total. The van der Waals surface area contributed by atoms with E-state index in [4.69, 9.17) is 5.26 Å². The summed E-state index contributed by atoms with van der Waals surface area (Å²) >= 11 is 1.95. The number of hydrogen-bond donors (Lipinski definition) is 0. The Morgan fingerprint density at radius 3 is 1.82 bits per heavy atom. The van der Waals surface area contributed by atoms with E-state index in [-0.39, 0.29) is 5.41 Å². The third-order valence-electron chi connectivity index (χ3n) is 8.09. The molecule has 0 radical (unpaired) electrons. The average molecular weight is 602 g/mol. The molecular formula is C42H51NS. The van der Waals surface area contributed by atoms with Crippen molar-refractivity contribution in [1.29, 1.82) is 5.26 Å². The predicted octanol–water partition coefficient (Wildman–Crippen LogP) is 11.3. The van der Waals surface area contributed by atoms with E-state index in [1.54, 1.807) is 0 Å². The number of allylic oxidation sites excluding steroid dienone is 1. The van der Waals surface area contributed by atoms with Crippen LogP contribution in [0.25, 0.3) is 0 Å². The van der Waals surface area contributed by atoms with E-state index < -0.39 is 0 Å². The minimum atomic E-state index is 0.226. The number of aryl methyl sites for hydroxylation is 6. The lowest BCUT2D eigenvalue weighted by molar-refractivity contribution is 0.584. The predicted molar refractivity (Wildman–Crippen MR) is 194 cm³/mol. The van der Waals surface area contributed by atoms with E-state index >= 15 is 0 Å². The summed E-state index contributed by atoms with van der Waals surface area (Å²) in [6.07, 6.45) is 6.27. The highest BCUT2D eigenvalue weighted by atomic mass is 32.2. The SMILES string of the molecule is C=C(C#N)CCCSCc1ccccc1CCc1cccc(C)c1.Cc1cccc(CCc2cccc(C(C)(C)C)c2C)c1. The van der Waals surface area contributed by atoms with Gasteiger partial charge in [-0.15, -0.1) is 0 Å². The van der Waals surface area contributed by atoms with Gasteiger partial charge in [0.25, 0.3) is 0 Å². The second-order valence-electron chi connectivity index (χ2n) is 13.0. The van der Waals surface area contributed by atoms with Crippen LogP contribution in [-0.2, 0) is 36.9 Å². The van der Waals surface area contributed by atoms with Crippen LogP contribution >= 0.6 is 11.8 Å². The maximum atomic E-state index is 8.72. The van der Waals surface area contributed by atoms with Crippen LogP contribution in [-0.4, -0.2) is 5.75 Å². The molecule has 44 heavy (non-hydrogen) atoms. The van der Waals surface area contributed by atoms with Crippen molar-refractivity contribution in [3.8, 4) is 6.07 Å². The van der Waals surface area contributed by atoms with Crippen LogP contribution in [0.1, 0.15) is 83.7 Å². The Bertz CT molecular complexity index is 1530. The van der Waals surface area contributed by atoms with Gasteiger partial charge in [0.2, 0.25) is 0 Å². The minimum absolute atomic E-state index is 0.226. The van der Waals surface area contributed by atoms with Gasteiger partial charge in [0.1, 0.15) is 0 Å². The number of rotatable bonds is 12. The molecule has 0 aliphatic heterocycles. The van der Waals surface area contributed by atoms with Gasteiger partial charge in [-0.3, -0.25) is 0 Å². The summed E-state index contributed by atoms with van der Waals surface area (Å²) < 4.78 is 0. The van der Waals surface area contributed by atoms with E-state index in [9.17, 15) is 0 Å². The molecule has 0 atom stereocenters. The van der Waals surface area contributed by atoms with E-state index in [1.807, 2.05) is 11.8 Å². The molecule has 0 unspecified atom stereocenters. The summed E-state index contributed by atoms with van der Waals surface area (Å²) in [6.45, 7) is 17.2. The van der Waals surface area contributed by atoms with E-state index in [1.165, 1.54) is 50.1 Å². The molecule has 0 saturated heterocycles. The smallest absolute Gasteiger partial charge is 0.0940 e. The summed E-state index contributed by atoms with van der Waals surface area (Å²) in [4.78, 5) is 0. The number of nitriles is 1. The fourth-order valence-electron chi connectivity index (χ4n) is 5.63. The lowest BCUT2D eigenvalue weighted by Crippen LogP contribution is -2.14. The molecule has 4 aromatic carbocycles. The third kappa shape index (κ3) is 11.9. The van der Waals surface area contributed by atoms with Gasteiger partial charge in [-0.05, 0) is 109 Å². The van der Waals surface area contributed by atoms with E-state index in [0.717, 1.165) is 50.0 Å². The Morgan fingerprint density at radius 1 is 0.705 bits per heavy atom. The first-order chi connectivity index (χ1) is 21.1. The fourth-order valence-corrected chi connectivity index (χ4v) is 6.62. The van der Waals surface area contributed by atoms with Gasteiger partial charge in [0, 0.05) is 11.3 Å². The molecule has 0 saturated carbocycles. The third-order valence-corrected chi connectivity index (χ3v) is 9.18. The average Bonchev–Trinajstić information content (AvgIpc) is 2.99. The standard InChI is InChI=1S/C22H25NS.C20H26/c1-18-7-5-9-20(15-18)12-13-21-10-3-4-11-22(21)17-24-14-6-8-19(2)16-23;1-15-8-6-9-17(14-15)12-13-18-10-7-11-19(16(18)2)20(3,4)5/h3-5,7,9-11,15H,2,6,8,12-14,17H2,1H3;6-11,14H,12-13H2,1-5H3. The number of benzene rings is 4. The Balaban J connectivity index is 0.000000244. The van der Waals surface area contributed by atoms with Crippen LogP contribution in [0.2, 0.25) is 0 Å². The molecule has 0 bridgehead atoms. The van der Waals surface area contributed by atoms with E-state index in [0.29, 0.717) is 5.57 Å². The van der Waals surface area contributed by atoms with Crippen molar-refractivity contribution >= 4 is 11.8 Å². The largest absolute Gasteiger partial charge is 0.193 e. The molecule has 0 fully saturated rings. The monoisotopic (exact) mass is 601 g/mol. The molecular weight excluding hydrogens is 551 g/mol. The van der Waals surface area contributed by atoms with Gasteiger partial charge in [-0.2, -0.15) is 17.0 Å². The lowest BCUT2D eigenvalue weighted by Gasteiger charge is -2.23. The van der Waals surface area contributed by atoms with Crippen LogP contribution in [0, 0.1) is 32.1 Å². The van der Waals surface area contributed by atoms with Crippen molar-refractivity contribution in [3.05, 3.63) is 153 Å². The zero-order chi connectivity index (χ0) is 32.0. The molecule has 1 nitrogen and oxygen atoms in total. The number of hydrogen-bond acceptors (Lipinski definition) is 2. The van der Waals surface area contributed by atoms with E-state index in [2.05, 4.69) is 145 Å². The second-order valence-corrected chi connectivity index (χ2v) is 14.1. The maximum Gasteiger partial charge on any atom is 0.0940 e. The fraction of sp³-hybridized carbons (Fsp3) is 0.357. The van der Waals surface area contributed by atoms with Crippen LogP contribution in [0.4, 0.5) is 0 Å². The summed E-state index contributed by atoms with van der Waals surface area (Å²) in [5, 5.41) is 8.72. The van der Waals surface area contributed by atoms with Gasteiger partial charge < -0.3 is 0 Å². The van der Waals surface area contributed by atoms with Gasteiger partial charge in [0.15, 0.2) is 0 Å². The normalized spacial score (nSPS) is 10.9. The van der Waals surface area contributed by atoms with Crippen LogP contribution in [0.3, 0.4) is 0 Å². The van der Waals surface area contributed by atoms with Crippen molar-refractivity contribution in [2.75, 3.05) is 5.75 Å². The Kier molecular flexibility index (Phi) is 14.0. The topological polar surface area (TPSA) is 23.8 Å². The Morgan fingerprint density at radius 2 is 1.25 bits per heavy atom. The zero-order valence-electron chi connectivity index (χ0n) is 27.9. The van der Waals surface area contributed by atoms with Crippen LogP contribution in [0.15, 0.2) is 103 Å². The summed E-state index contributed by atoms with van der Waals surface area (Å²) in [7, 11) is 0.